The van der Waals surface area contributed by atoms with Crippen molar-refractivity contribution in [1.82, 2.24) is 0 Å². The molecule has 1 aromatic rings. The van der Waals surface area contributed by atoms with Crippen LogP contribution in [0.25, 0.3) is 0 Å². The maximum atomic E-state index is 5.29. The minimum absolute atomic E-state index is 0.608. The van der Waals surface area contributed by atoms with Crippen molar-refractivity contribution in [1.29, 1.82) is 0 Å². The lowest BCUT2D eigenvalue weighted by molar-refractivity contribution is 0.416. The largest absolute Gasteiger partial charge is 0.495 e. The van der Waals surface area contributed by atoms with Gasteiger partial charge in [-0.25, -0.2) is 0 Å². The van der Waals surface area contributed by atoms with E-state index in [1.54, 1.807) is 7.11 Å². The molecule has 2 nitrogen and oxygen atoms in total. The van der Waals surface area contributed by atoms with Crippen molar-refractivity contribution in [3.05, 3.63) is 24.3 Å². The van der Waals surface area contributed by atoms with Gasteiger partial charge in [-0.05, 0) is 24.3 Å². The second-order valence-electron chi connectivity index (χ2n) is 3.41. The molecule has 0 aromatic heterocycles. The predicted octanol–water partition coefficient (Wildman–Crippen LogP) is 2.61. The van der Waals surface area contributed by atoms with Crippen molar-refractivity contribution in [3.8, 4) is 5.75 Å². The van der Waals surface area contributed by atoms with E-state index in [1.165, 1.54) is 17.9 Å². The molecule has 3 heteroatoms. The van der Waals surface area contributed by atoms with Gasteiger partial charge in [0.2, 0.25) is 0 Å². The van der Waals surface area contributed by atoms with E-state index in [9.17, 15) is 0 Å². The van der Waals surface area contributed by atoms with Gasteiger partial charge in [0.05, 0.1) is 12.8 Å². The van der Waals surface area contributed by atoms with Crippen molar-refractivity contribution in [2.45, 2.75) is 12.5 Å². The van der Waals surface area contributed by atoms with Gasteiger partial charge < -0.3 is 10.1 Å². The average molecular weight is 209 g/mol. The highest BCUT2D eigenvalue weighted by Crippen LogP contribution is 2.27. The van der Waals surface area contributed by atoms with Crippen LogP contribution in [-0.4, -0.2) is 24.7 Å². The summed E-state index contributed by atoms with van der Waals surface area (Å²) in [7, 11) is 1.71. The molecule has 1 fully saturated rings. The zero-order valence-corrected chi connectivity index (χ0v) is 9.14. The first kappa shape index (κ1) is 9.71. The summed E-state index contributed by atoms with van der Waals surface area (Å²) in [5.74, 6) is 3.41. The third-order valence-corrected chi connectivity index (χ3v) is 3.56. The van der Waals surface area contributed by atoms with E-state index in [2.05, 4.69) is 11.4 Å². The molecule has 0 spiro atoms. The first-order chi connectivity index (χ1) is 6.90. The summed E-state index contributed by atoms with van der Waals surface area (Å²) in [4.78, 5) is 0. The zero-order valence-electron chi connectivity index (χ0n) is 8.32. The zero-order chi connectivity index (χ0) is 9.80. The monoisotopic (exact) mass is 209 g/mol. The molecule has 1 N–H and O–H groups in total. The van der Waals surface area contributed by atoms with Crippen molar-refractivity contribution >= 4 is 17.4 Å². The smallest absolute Gasteiger partial charge is 0.141 e. The molecule has 1 aliphatic rings. The van der Waals surface area contributed by atoms with Gasteiger partial charge >= 0.3 is 0 Å². The van der Waals surface area contributed by atoms with E-state index in [0.717, 1.165) is 11.4 Å². The fourth-order valence-electron chi connectivity index (χ4n) is 1.63. The summed E-state index contributed by atoms with van der Waals surface area (Å²) >= 11 is 2.01. The van der Waals surface area contributed by atoms with Crippen LogP contribution in [0.15, 0.2) is 24.3 Å². The standard InChI is InChI=1S/C11H15NOS/c1-13-11-5-3-2-4-10(11)12-9-6-7-14-8-9/h2-5,9,12H,6-8H2,1H3/t9-/m0/s1. The van der Waals surface area contributed by atoms with Crippen LogP contribution in [-0.2, 0) is 0 Å². The molecular weight excluding hydrogens is 194 g/mol. The Bertz CT molecular complexity index is 297. The molecule has 76 valence electrons. The Morgan fingerprint density at radius 3 is 3.00 bits per heavy atom. The number of thioether (sulfide) groups is 1. The lowest BCUT2D eigenvalue weighted by atomic mass is 10.2. The Labute approximate surface area is 89.0 Å². The number of ether oxygens (including phenoxy) is 1. The Kier molecular flexibility index (Phi) is 3.19. The number of methoxy groups -OCH3 is 1. The van der Waals surface area contributed by atoms with Crippen molar-refractivity contribution in [2.75, 3.05) is 23.9 Å². The van der Waals surface area contributed by atoms with Crippen LogP contribution in [0.2, 0.25) is 0 Å². The van der Waals surface area contributed by atoms with E-state index in [1.807, 2.05) is 30.0 Å². The second kappa shape index (κ2) is 4.60. The number of hydrogen-bond acceptors (Lipinski definition) is 3. The Hall–Kier alpha value is -0.830. The lowest BCUT2D eigenvalue weighted by Crippen LogP contribution is -2.18. The van der Waals surface area contributed by atoms with E-state index in [4.69, 9.17) is 4.74 Å². The number of para-hydroxylation sites is 2. The van der Waals surface area contributed by atoms with Gasteiger partial charge in [-0.2, -0.15) is 11.8 Å². The van der Waals surface area contributed by atoms with Crippen LogP contribution in [0.3, 0.4) is 0 Å². The Morgan fingerprint density at radius 1 is 1.43 bits per heavy atom. The van der Waals surface area contributed by atoms with Gasteiger partial charge in [-0.15, -0.1) is 0 Å². The van der Waals surface area contributed by atoms with Crippen LogP contribution in [0, 0.1) is 0 Å². The molecule has 0 unspecified atom stereocenters. The quantitative estimate of drug-likeness (QED) is 0.827. The molecule has 1 saturated heterocycles. The van der Waals surface area contributed by atoms with Gasteiger partial charge in [0, 0.05) is 11.8 Å². The maximum Gasteiger partial charge on any atom is 0.141 e. The first-order valence-electron chi connectivity index (χ1n) is 4.87. The van der Waals surface area contributed by atoms with Crippen LogP contribution < -0.4 is 10.1 Å². The number of hydrogen-bond donors (Lipinski definition) is 1. The third kappa shape index (κ3) is 2.15. The van der Waals surface area contributed by atoms with E-state index < -0.39 is 0 Å². The summed E-state index contributed by atoms with van der Waals surface area (Å²) in [6, 6.07) is 8.70. The lowest BCUT2D eigenvalue weighted by Gasteiger charge is -2.15. The van der Waals surface area contributed by atoms with E-state index >= 15 is 0 Å². The summed E-state index contributed by atoms with van der Waals surface area (Å²) in [6.07, 6.45) is 1.25. The van der Waals surface area contributed by atoms with Crippen LogP contribution in [0.5, 0.6) is 5.75 Å². The minimum atomic E-state index is 0.608. The molecule has 1 aromatic carbocycles. The molecule has 0 amide bonds. The molecule has 2 rings (SSSR count). The van der Waals surface area contributed by atoms with Crippen LogP contribution in [0.1, 0.15) is 6.42 Å². The van der Waals surface area contributed by atoms with Gasteiger partial charge in [0.15, 0.2) is 0 Å². The number of benzene rings is 1. The van der Waals surface area contributed by atoms with E-state index in [-0.39, 0.29) is 0 Å². The highest BCUT2D eigenvalue weighted by Gasteiger charge is 2.16. The molecule has 0 aliphatic carbocycles. The Balaban J connectivity index is 2.07. The van der Waals surface area contributed by atoms with Crippen LogP contribution >= 0.6 is 11.8 Å². The number of rotatable bonds is 3. The fourth-order valence-corrected chi connectivity index (χ4v) is 2.78. The molecule has 1 atom stereocenters. The fraction of sp³-hybridized carbons (Fsp3) is 0.455. The average Bonchev–Trinajstić information content (AvgIpc) is 2.71. The van der Waals surface area contributed by atoms with Gasteiger partial charge in [-0.1, -0.05) is 12.1 Å². The SMILES string of the molecule is COc1ccccc1N[C@H]1CCSC1. The molecule has 0 bridgehead atoms. The summed E-state index contributed by atoms with van der Waals surface area (Å²) in [5, 5.41) is 3.51. The normalized spacial score (nSPS) is 20.8. The maximum absolute atomic E-state index is 5.29. The number of anilines is 1. The van der Waals surface area contributed by atoms with Gasteiger partial charge in [0.25, 0.3) is 0 Å². The highest BCUT2D eigenvalue weighted by atomic mass is 32.2. The Morgan fingerprint density at radius 2 is 2.29 bits per heavy atom. The predicted molar refractivity (Wildman–Crippen MR) is 62.3 cm³/mol. The third-order valence-electron chi connectivity index (χ3n) is 2.40. The highest BCUT2D eigenvalue weighted by molar-refractivity contribution is 7.99. The van der Waals surface area contributed by atoms with Gasteiger partial charge in [-0.3, -0.25) is 0 Å². The van der Waals surface area contributed by atoms with Crippen LogP contribution in [0.4, 0.5) is 5.69 Å². The first-order valence-corrected chi connectivity index (χ1v) is 6.03. The van der Waals surface area contributed by atoms with E-state index in [0.29, 0.717) is 6.04 Å². The summed E-state index contributed by atoms with van der Waals surface area (Å²) in [6.45, 7) is 0. The minimum Gasteiger partial charge on any atom is -0.495 e. The summed E-state index contributed by atoms with van der Waals surface area (Å²) < 4.78 is 5.29. The van der Waals surface area contributed by atoms with Gasteiger partial charge in [0.1, 0.15) is 5.75 Å². The van der Waals surface area contributed by atoms with Crippen molar-refractivity contribution < 1.29 is 4.74 Å². The van der Waals surface area contributed by atoms with Crippen molar-refractivity contribution in [3.63, 3.8) is 0 Å². The molecule has 1 aliphatic heterocycles. The van der Waals surface area contributed by atoms with Crippen molar-refractivity contribution in [2.24, 2.45) is 0 Å². The molecule has 0 saturated carbocycles. The topological polar surface area (TPSA) is 21.3 Å². The molecule has 1 heterocycles. The number of nitrogens with one attached hydrogen (secondary N) is 1. The molecular formula is C11H15NOS. The second-order valence-corrected chi connectivity index (χ2v) is 4.55. The molecule has 0 radical (unpaired) electrons. The molecule has 14 heavy (non-hydrogen) atoms. The summed E-state index contributed by atoms with van der Waals surface area (Å²) in [5.41, 5.74) is 1.11.